The molecule has 11 heteroatoms. The van der Waals surface area contributed by atoms with Crippen LogP contribution < -0.4 is 21.7 Å². The number of fused-ring (bicyclic) bond motifs is 1. The van der Waals surface area contributed by atoms with E-state index in [4.69, 9.17) is 15.6 Å². The van der Waals surface area contributed by atoms with Crippen molar-refractivity contribution in [3.8, 4) is 0 Å². The summed E-state index contributed by atoms with van der Waals surface area (Å²) in [6.45, 7) is 4.98. The second kappa shape index (κ2) is 13.6. The van der Waals surface area contributed by atoms with E-state index in [0.717, 1.165) is 34.1 Å². The molecule has 2 radical (unpaired) electrons. The number of unbranched alkanes of at least 4 members (excludes halogenated alkanes) is 1. The normalized spacial score (nSPS) is 16.6. The molecule has 7 N–H and O–H groups in total. The van der Waals surface area contributed by atoms with Gasteiger partial charge >= 0.3 is 166 Å². The van der Waals surface area contributed by atoms with Crippen molar-refractivity contribution < 1.29 is 23.9 Å². The number of nitrogens with one attached hydrogen (secondary N) is 4. The van der Waals surface area contributed by atoms with Crippen LogP contribution >= 0.6 is 0 Å². The second-order valence-corrected chi connectivity index (χ2v) is 10.8. The maximum absolute atomic E-state index is 12.5. The molecule has 38 heavy (non-hydrogen) atoms. The SMILES string of the molecule is CCc1cccc2c(C)c(CC(NC(=O)CCCCNC(=O)C([As])CC3=CCNC3C(=N)N)C(=O)O)oc12. The number of amides is 2. The molecule has 10 nitrogen and oxygen atoms in total. The summed E-state index contributed by atoms with van der Waals surface area (Å²) in [7, 11) is 0. The maximum atomic E-state index is 12.5. The van der Waals surface area contributed by atoms with E-state index in [-0.39, 0.29) is 41.2 Å². The number of hydrogen-bond acceptors (Lipinski definition) is 6. The van der Waals surface area contributed by atoms with Gasteiger partial charge in [0.15, 0.2) is 0 Å². The quantitative estimate of drug-likeness (QED) is 0.0646. The summed E-state index contributed by atoms with van der Waals surface area (Å²) in [5.74, 6) is -0.998. The molecule has 1 aliphatic rings. The topological polar surface area (TPSA) is 171 Å². The molecule has 0 bridgehead atoms. The molecule has 0 saturated carbocycles. The summed E-state index contributed by atoms with van der Waals surface area (Å²) in [6.07, 6.45) is 4.56. The molecule has 2 heterocycles. The molecule has 0 fully saturated rings. The number of carbonyl (C=O) groups is 3. The van der Waals surface area contributed by atoms with Gasteiger partial charge < -0.3 is 4.42 Å². The summed E-state index contributed by atoms with van der Waals surface area (Å²) in [5.41, 5.74) is 9.25. The Morgan fingerprint density at radius 2 is 2.05 bits per heavy atom. The van der Waals surface area contributed by atoms with Gasteiger partial charge in [-0.05, 0) is 24.5 Å². The first-order valence-corrected chi connectivity index (χ1v) is 13.9. The van der Waals surface area contributed by atoms with Crippen LogP contribution in [0, 0.1) is 12.3 Å². The van der Waals surface area contributed by atoms with Crippen molar-refractivity contribution in [2.75, 3.05) is 13.1 Å². The van der Waals surface area contributed by atoms with Crippen molar-refractivity contribution in [2.24, 2.45) is 5.73 Å². The molecule has 0 spiro atoms. The Bertz CT molecular complexity index is 1220. The number of nitrogens with two attached hydrogens (primary N) is 1. The fourth-order valence-electron chi connectivity index (χ4n) is 4.60. The Labute approximate surface area is 231 Å². The number of para-hydroxylation sites is 1. The molecular weight excluding hydrogens is 549 g/mol. The summed E-state index contributed by atoms with van der Waals surface area (Å²) in [6, 6.07) is 4.49. The van der Waals surface area contributed by atoms with Crippen LogP contribution in [0.5, 0.6) is 0 Å². The number of carbonyl (C=O) groups excluding carboxylic acids is 2. The molecule has 3 unspecified atom stereocenters. The van der Waals surface area contributed by atoms with Crippen molar-refractivity contribution >= 4 is 51.4 Å². The van der Waals surface area contributed by atoms with E-state index in [9.17, 15) is 19.5 Å². The van der Waals surface area contributed by atoms with Gasteiger partial charge in [0.1, 0.15) is 5.58 Å². The molecule has 2 aromatic rings. The van der Waals surface area contributed by atoms with Crippen LogP contribution in [0.15, 0.2) is 34.3 Å². The summed E-state index contributed by atoms with van der Waals surface area (Å²) < 4.78 is 5.69. The number of aliphatic carboxylic acids is 1. The molecule has 0 saturated heterocycles. The van der Waals surface area contributed by atoms with Crippen LogP contribution in [0.1, 0.15) is 49.5 Å². The Morgan fingerprint density at radius 3 is 2.74 bits per heavy atom. The standard InChI is InChI=1S/C27H36AsN5O5/c1-3-16-7-6-8-18-15(2)21(38-24(16)18)14-20(27(36)37)33-22(34)9-4-5-11-32-26(35)19(28)13-17-10-12-31-23(17)25(29)30/h6-8,10,19-20,23,31H,3-5,9,11-14H2,1-2H3,(H3,29,30)(H,32,35)(H,33,34)(H,36,37). The Balaban J connectivity index is 1.42. The summed E-state index contributed by atoms with van der Waals surface area (Å²) >= 11 is 2.35. The summed E-state index contributed by atoms with van der Waals surface area (Å²) in [4.78, 5) is 36.7. The molecule has 2 amide bonds. The number of furan rings is 1. The van der Waals surface area contributed by atoms with Crippen LogP contribution in [-0.2, 0) is 27.2 Å². The van der Waals surface area contributed by atoms with Gasteiger partial charge in [-0.2, -0.15) is 0 Å². The van der Waals surface area contributed by atoms with Crippen LogP contribution in [-0.4, -0.2) is 70.8 Å². The number of amidine groups is 1. The van der Waals surface area contributed by atoms with Gasteiger partial charge in [0.25, 0.3) is 0 Å². The van der Waals surface area contributed by atoms with Crippen LogP contribution in [0.2, 0.25) is 4.71 Å². The van der Waals surface area contributed by atoms with Gasteiger partial charge in [0.05, 0.1) is 0 Å². The Morgan fingerprint density at radius 1 is 1.29 bits per heavy atom. The van der Waals surface area contributed by atoms with E-state index in [1.54, 1.807) is 0 Å². The Hall–Kier alpha value is -3.10. The van der Waals surface area contributed by atoms with Crippen molar-refractivity contribution in [1.29, 1.82) is 5.41 Å². The molecule has 1 aliphatic heterocycles. The van der Waals surface area contributed by atoms with Crippen molar-refractivity contribution in [1.82, 2.24) is 16.0 Å². The molecule has 0 aliphatic carbocycles. The van der Waals surface area contributed by atoms with E-state index >= 15 is 0 Å². The monoisotopic (exact) mass is 585 g/mol. The number of hydrogen-bond donors (Lipinski definition) is 6. The van der Waals surface area contributed by atoms with E-state index in [0.29, 0.717) is 38.1 Å². The van der Waals surface area contributed by atoms with Gasteiger partial charge in [-0.3, -0.25) is 0 Å². The minimum Gasteiger partial charge on any atom is -0.460 e. The number of carboxylic acids is 1. The molecule has 1 aromatic heterocycles. The van der Waals surface area contributed by atoms with E-state index in [1.165, 1.54) is 0 Å². The number of benzene rings is 1. The third-order valence-corrected chi connectivity index (χ3v) is 7.65. The van der Waals surface area contributed by atoms with E-state index < -0.39 is 12.0 Å². The number of aryl methyl sites for hydroxylation is 2. The third kappa shape index (κ3) is 7.48. The molecule has 1 aromatic carbocycles. The zero-order valence-corrected chi connectivity index (χ0v) is 23.7. The van der Waals surface area contributed by atoms with E-state index in [2.05, 4.69) is 32.8 Å². The predicted molar refractivity (Wildman–Crippen MR) is 146 cm³/mol. The molecular formula is C27H36AsN5O5. The minimum absolute atomic E-state index is 0.0376. The summed E-state index contributed by atoms with van der Waals surface area (Å²) in [5, 5.41) is 26.9. The smallest absolute Gasteiger partial charge is 0.460 e. The molecule has 3 rings (SSSR count). The average Bonchev–Trinajstić information content (AvgIpc) is 3.47. The fourth-order valence-corrected chi connectivity index (χ4v) is 5.23. The molecule has 3 atom stereocenters. The fraction of sp³-hybridized carbons (Fsp3) is 0.481. The predicted octanol–water partition coefficient (Wildman–Crippen LogP) is 1.88. The number of carboxylic acid groups (broad SMARTS) is 1. The first-order chi connectivity index (χ1) is 18.1. The van der Waals surface area contributed by atoms with Crippen molar-refractivity contribution in [3.63, 3.8) is 0 Å². The van der Waals surface area contributed by atoms with Gasteiger partial charge in [0, 0.05) is 5.39 Å². The van der Waals surface area contributed by atoms with Gasteiger partial charge in [-0.1, -0.05) is 25.1 Å². The Kier molecular flexibility index (Phi) is 10.6. The first kappa shape index (κ1) is 29.5. The van der Waals surface area contributed by atoms with Crippen LogP contribution in [0.3, 0.4) is 0 Å². The third-order valence-electron chi connectivity index (χ3n) is 6.78. The van der Waals surface area contributed by atoms with E-state index in [1.807, 2.05) is 38.1 Å². The van der Waals surface area contributed by atoms with Gasteiger partial charge in [-0.25, -0.2) is 0 Å². The second-order valence-electron chi connectivity index (χ2n) is 9.50. The average molecular weight is 586 g/mol. The molecule has 204 valence electrons. The first-order valence-electron chi connectivity index (χ1n) is 12.9. The van der Waals surface area contributed by atoms with Crippen molar-refractivity contribution in [2.45, 2.75) is 69.2 Å². The number of rotatable bonds is 14. The minimum atomic E-state index is -1.12. The van der Waals surface area contributed by atoms with Gasteiger partial charge in [0.2, 0.25) is 0 Å². The van der Waals surface area contributed by atoms with Crippen molar-refractivity contribution in [3.05, 3.63) is 46.7 Å². The van der Waals surface area contributed by atoms with Crippen LogP contribution in [0.4, 0.5) is 0 Å². The zero-order chi connectivity index (χ0) is 27.8. The zero-order valence-electron chi connectivity index (χ0n) is 21.8. The van der Waals surface area contributed by atoms with Crippen LogP contribution in [0.25, 0.3) is 11.0 Å². The van der Waals surface area contributed by atoms with Gasteiger partial charge in [-0.15, -0.1) is 0 Å².